The molecule has 0 spiro atoms. The maximum atomic E-state index is 13.2. The number of aliphatic hydroxyl groups is 1. The predicted molar refractivity (Wildman–Crippen MR) is 112 cm³/mol. The van der Waals surface area contributed by atoms with Gasteiger partial charge in [-0.25, -0.2) is 4.98 Å². The van der Waals surface area contributed by atoms with Crippen molar-refractivity contribution in [2.45, 2.75) is 86.1 Å². The molecule has 2 N–H and O–H groups in total. The Balaban J connectivity index is 1.33. The molecule has 3 bridgehead atoms. The molecule has 1 heterocycles. The number of carbonyl (C=O) groups is 1. The van der Waals surface area contributed by atoms with E-state index in [1.54, 1.807) is 17.8 Å². The van der Waals surface area contributed by atoms with Crippen LogP contribution in [0.3, 0.4) is 0 Å². The van der Waals surface area contributed by atoms with Gasteiger partial charge in [-0.3, -0.25) is 4.79 Å². The Hall–Kier alpha value is -0.780. The molecule has 4 aliphatic rings. The van der Waals surface area contributed by atoms with Gasteiger partial charge in [0.05, 0.1) is 11.2 Å². The Bertz CT molecular complexity index is 769. The van der Waals surface area contributed by atoms with E-state index in [9.17, 15) is 9.90 Å². The maximum absolute atomic E-state index is 13.2. The van der Waals surface area contributed by atoms with Crippen LogP contribution in [-0.4, -0.2) is 32.9 Å². The standard InChI is InChI=1S/C22H29ClN2O2S/c23-19-8-6-17(21(25-19)28-16-3-1-2-4-16)20(26)24-18-7-5-13-10-22(27)11-14(13)9-15(18)12-22/h6,8,13-16,18,27H,1-5,7,9-12H2,(H,24,26)/t13?,14?,15?,18-,22-/m1/s1. The van der Waals surface area contributed by atoms with Gasteiger partial charge in [0.1, 0.15) is 10.2 Å². The molecule has 0 aromatic carbocycles. The molecule has 0 saturated heterocycles. The number of halogens is 1. The molecular weight excluding hydrogens is 392 g/mol. The van der Waals surface area contributed by atoms with E-state index in [1.165, 1.54) is 25.7 Å². The molecule has 1 amide bonds. The third-order valence-electron chi connectivity index (χ3n) is 7.58. The number of thioether (sulfide) groups is 1. The van der Waals surface area contributed by atoms with Crippen LogP contribution in [0, 0.1) is 17.8 Å². The fraction of sp³-hybridized carbons (Fsp3) is 0.727. The molecule has 1 aromatic rings. The average molecular weight is 421 g/mol. The Morgan fingerprint density at radius 1 is 1.11 bits per heavy atom. The molecule has 5 atom stereocenters. The molecule has 4 fully saturated rings. The number of pyridine rings is 1. The van der Waals surface area contributed by atoms with E-state index in [0.717, 1.165) is 43.6 Å². The van der Waals surface area contributed by atoms with Crippen molar-refractivity contribution in [3.63, 3.8) is 0 Å². The van der Waals surface area contributed by atoms with Gasteiger partial charge in [-0.15, -0.1) is 11.8 Å². The van der Waals surface area contributed by atoms with Crippen molar-refractivity contribution in [3.8, 4) is 0 Å². The van der Waals surface area contributed by atoms with Crippen LogP contribution in [0.2, 0.25) is 5.15 Å². The van der Waals surface area contributed by atoms with E-state index in [1.807, 2.05) is 6.07 Å². The lowest BCUT2D eigenvalue weighted by atomic mass is 9.75. The third kappa shape index (κ3) is 3.70. The lowest BCUT2D eigenvalue weighted by molar-refractivity contribution is -0.0112. The predicted octanol–water partition coefficient (Wildman–Crippen LogP) is 4.83. The summed E-state index contributed by atoms with van der Waals surface area (Å²) in [5, 5.41) is 16.0. The topological polar surface area (TPSA) is 62.2 Å². The Kier molecular flexibility index (Phi) is 5.13. The van der Waals surface area contributed by atoms with Crippen LogP contribution in [0.5, 0.6) is 0 Å². The number of rotatable bonds is 4. The van der Waals surface area contributed by atoms with Gasteiger partial charge in [0.2, 0.25) is 0 Å². The number of nitrogens with zero attached hydrogens (tertiary/aromatic N) is 1. The van der Waals surface area contributed by atoms with Gasteiger partial charge in [0.25, 0.3) is 5.91 Å². The molecule has 6 heteroatoms. The summed E-state index contributed by atoms with van der Waals surface area (Å²) >= 11 is 7.86. The van der Waals surface area contributed by atoms with Crippen LogP contribution in [0.1, 0.15) is 74.6 Å². The van der Waals surface area contributed by atoms with E-state index in [-0.39, 0.29) is 11.9 Å². The van der Waals surface area contributed by atoms with Crippen LogP contribution in [-0.2, 0) is 0 Å². The highest BCUT2D eigenvalue weighted by Crippen LogP contribution is 2.55. The number of aromatic nitrogens is 1. The van der Waals surface area contributed by atoms with E-state index in [4.69, 9.17) is 11.6 Å². The second-order valence-electron chi connectivity index (χ2n) is 9.52. The van der Waals surface area contributed by atoms with E-state index < -0.39 is 5.60 Å². The molecule has 4 saturated carbocycles. The lowest BCUT2D eigenvalue weighted by Crippen LogP contribution is -2.45. The van der Waals surface area contributed by atoms with Crippen molar-refractivity contribution in [2.75, 3.05) is 0 Å². The van der Waals surface area contributed by atoms with Crippen molar-refractivity contribution in [1.82, 2.24) is 10.3 Å². The number of hydrogen-bond donors (Lipinski definition) is 2. The fourth-order valence-electron chi connectivity index (χ4n) is 6.35. The summed E-state index contributed by atoms with van der Waals surface area (Å²) in [5.74, 6) is 1.66. The van der Waals surface area contributed by atoms with Crippen LogP contribution < -0.4 is 5.32 Å². The summed E-state index contributed by atoms with van der Waals surface area (Å²) in [7, 11) is 0. The minimum atomic E-state index is -0.479. The first-order chi connectivity index (χ1) is 13.5. The van der Waals surface area contributed by atoms with Gasteiger partial charge in [-0.2, -0.15) is 0 Å². The van der Waals surface area contributed by atoms with Crippen LogP contribution in [0.4, 0.5) is 0 Å². The Morgan fingerprint density at radius 3 is 2.68 bits per heavy atom. The number of nitrogens with one attached hydrogen (secondary N) is 1. The first kappa shape index (κ1) is 19.2. The quantitative estimate of drug-likeness (QED) is 0.685. The third-order valence-corrected chi connectivity index (χ3v) is 9.13. The average Bonchev–Trinajstić information content (AvgIpc) is 3.20. The lowest BCUT2D eigenvalue weighted by Gasteiger charge is -2.38. The first-order valence-corrected chi connectivity index (χ1v) is 12.1. The molecule has 5 rings (SSSR count). The molecule has 28 heavy (non-hydrogen) atoms. The Labute approximate surface area is 176 Å². The molecule has 0 aliphatic heterocycles. The highest BCUT2D eigenvalue weighted by molar-refractivity contribution is 7.99. The summed E-state index contributed by atoms with van der Waals surface area (Å²) in [6.45, 7) is 0. The zero-order valence-electron chi connectivity index (χ0n) is 16.2. The smallest absolute Gasteiger partial charge is 0.254 e. The molecular formula is C22H29ClN2O2S. The van der Waals surface area contributed by atoms with Crippen LogP contribution in [0.25, 0.3) is 0 Å². The summed E-state index contributed by atoms with van der Waals surface area (Å²) in [6, 6.07) is 3.71. The van der Waals surface area contributed by atoms with Crippen molar-refractivity contribution < 1.29 is 9.90 Å². The molecule has 4 nitrogen and oxygen atoms in total. The highest BCUT2D eigenvalue weighted by Gasteiger charge is 2.52. The number of amides is 1. The van der Waals surface area contributed by atoms with Gasteiger partial charge in [-0.1, -0.05) is 24.4 Å². The summed E-state index contributed by atoms with van der Waals surface area (Å²) in [6.07, 6.45) is 11.0. The number of carbonyl (C=O) groups excluding carboxylic acids is 1. The van der Waals surface area contributed by atoms with Crippen LogP contribution >= 0.6 is 23.4 Å². The first-order valence-electron chi connectivity index (χ1n) is 10.9. The molecule has 3 unspecified atom stereocenters. The molecule has 0 radical (unpaired) electrons. The van der Waals surface area contributed by atoms with Crippen LogP contribution in [0.15, 0.2) is 17.2 Å². The fourth-order valence-corrected chi connectivity index (χ4v) is 7.87. The molecule has 152 valence electrons. The van der Waals surface area contributed by atoms with Crippen molar-refractivity contribution in [2.24, 2.45) is 17.8 Å². The van der Waals surface area contributed by atoms with Gasteiger partial charge in [0, 0.05) is 11.3 Å². The van der Waals surface area contributed by atoms with Crippen molar-refractivity contribution in [3.05, 3.63) is 22.8 Å². The summed E-state index contributed by atoms with van der Waals surface area (Å²) in [5.41, 5.74) is 0.175. The van der Waals surface area contributed by atoms with E-state index in [2.05, 4.69) is 10.3 Å². The van der Waals surface area contributed by atoms with Crippen molar-refractivity contribution >= 4 is 29.3 Å². The van der Waals surface area contributed by atoms with E-state index in [0.29, 0.717) is 33.7 Å². The molecule has 1 aromatic heterocycles. The summed E-state index contributed by atoms with van der Waals surface area (Å²) in [4.78, 5) is 17.7. The maximum Gasteiger partial charge on any atom is 0.254 e. The minimum Gasteiger partial charge on any atom is -0.390 e. The van der Waals surface area contributed by atoms with Gasteiger partial charge >= 0.3 is 0 Å². The Morgan fingerprint density at radius 2 is 1.86 bits per heavy atom. The number of hydrogen-bond acceptors (Lipinski definition) is 4. The SMILES string of the molecule is O=C(N[C@@H]1CCC2C[C@@]3(O)CC2CC1C3)c1ccc(Cl)nc1SC1CCCC1. The van der Waals surface area contributed by atoms with Crippen molar-refractivity contribution in [1.29, 1.82) is 0 Å². The normalized spacial score (nSPS) is 37.2. The molecule has 4 aliphatic carbocycles. The monoisotopic (exact) mass is 420 g/mol. The highest BCUT2D eigenvalue weighted by atomic mass is 35.5. The zero-order valence-corrected chi connectivity index (χ0v) is 17.8. The second-order valence-corrected chi connectivity index (χ2v) is 11.2. The second kappa shape index (κ2) is 7.48. The summed E-state index contributed by atoms with van der Waals surface area (Å²) < 4.78 is 0. The van der Waals surface area contributed by atoms with Gasteiger partial charge in [-0.05, 0) is 81.3 Å². The number of fused-ring (bicyclic) bond motifs is 2. The zero-order chi connectivity index (χ0) is 19.3. The largest absolute Gasteiger partial charge is 0.390 e. The van der Waals surface area contributed by atoms with Gasteiger partial charge < -0.3 is 10.4 Å². The minimum absolute atomic E-state index is 0.0284. The van der Waals surface area contributed by atoms with Gasteiger partial charge in [0.15, 0.2) is 0 Å². The van der Waals surface area contributed by atoms with E-state index >= 15 is 0 Å².